The lowest BCUT2D eigenvalue weighted by atomic mass is 10.1. The van der Waals surface area contributed by atoms with Crippen molar-refractivity contribution in [3.8, 4) is 0 Å². The van der Waals surface area contributed by atoms with Crippen molar-refractivity contribution in [3.63, 3.8) is 0 Å². The fourth-order valence-electron chi connectivity index (χ4n) is 2.26. The van der Waals surface area contributed by atoms with Gasteiger partial charge in [0.15, 0.2) is 6.10 Å². The molecule has 0 aliphatic carbocycles. The number of ether oxygens (including phenoxy) is 1. The Morgan fingerprint density at radius 1 is 1.45 bits per heavy atom. The average molecular weight is 329 g/mol. The Bertz CT molecular complexity index is 635. The quantitative estimate of drug-likeness (QED) is 0.666. The van der Waals surface area contributed by atoms with E-state index in [4.69, 9.17) is 21.4 Å². The molecule has 1 aromatic carbocycles. The third kappa shape index (κ3) is 3.34. The van der Waals surface area contributed by atoms with Gasteiger partial charge in [0.05, 0.1) is 17.6 Å². The van der Waals surface area contributed by atoms with Gasteiger partial charge in [0.2, 0.25) is 0 Å². The third-order valence-corrected chi connectivity index (χ3v) is 3.44. The van der Waals surface area contributed by atoms with Gasteiger partial charge in [-0.2, -0.15) is 0 Å². The first-order valence-electron chi connectivity index (χ1n) is 6.41. The molecule has 1 saturated heterocycles. The van der Waals surface area contributed by atoms with Crippen LogP contribution in [0.15, 0.2) is 18.2 Å². The fraction of sp³-hybridized carbons (Fsp3) is 0.385. The van der Waals surface area contributed by atoms with Crippen LogP contribution in [0.5, 0.6) is 0 Å². The number of carbonyl (C=O) groups is 2. The highest BCUT2D eigenvalue weighted by Gasteiger charge is 2.35. The maximum Gasteiger partial charge on any atom is 0.334 e. The van der Waals surface area contributed by atoms with Crippen molar-refractivity contribution in [1.29, 1.82) is 0 Å². The van der Waals surface area contributed by atoms with Crippen LogP contribution in [0.3, 0.4) is 0 Å². The lowest BCUT2D eigenvalue weighted by molar-refractivity contribution is -0.385. The number of carboxylic acids is 1. The number of aliphatic carboxylic acids is 1. The molecule has 2 rings (SSSR count). The smallest absolute Gasteiger partial charge is 0.334 e. The van der Waals surface area contributed by atoms with Gasteiger partial charge >= 0.3 is 5.97 Å². The number of hydrogen-bond acceptors (Lipinski definition) is 5. The number of hydrogen-bond donors (Lipinski definition) is 1. The van der Waals surface area contributed by atoms with Gasteiger partial charge in [0.1, 0.15) is 5.56 Å². The minimum Gasteiger partial charge on any atom is -0.479 e. The van der Waals surface area contributed by atoms with E-state index in [9.17, 15) is 19.7 Å². The van der Waals surface area contributed by atoms with E-state index in [0.29, 0.717) is 0 Å². The Kier molecular flexibility index (Phi) is 4.62. The van der Waals surface area contributed by atoms with Crippen molar-refractivity contribution in [2.45, 2.75) is 19.1 Å². The molecule has 0 aromatic heterocycles. The van der Waals surface area contributed by atoms with Crippen LogP contribution in [-0.2, 0) is 9.53 Å². The lowest BCUT2D eigenvalue weighted by Crippen LogP contribution is -2.51. The summed E-state index contributed by atoms with van der Waals surface area (Å²) in [6.45, 7) is 1.62. The predicted octanol–water partition coefficient (Wildman–Crippen LogP) is 1.56. The molecule has 0 saturated carbocycles. The van der Waals surface area contributed by atoms with E-state index in [1.807, 2.05) is 0 Å². The summed E-state index contributed by atoms with van der Waals surface area (Å²) in [6, 6.07) is 3.73. The van der Waals surface area contributed by atoms with Crippen LogP contribution < -0.4 is 0 Å². The van der Waals surface area contributed by atoms with E-state index in [-0.39, 0.29) is 23.7 Å². The molecule has 1 N–H and O–H groups in total. The second kappa shape index (κ2) is 6.29. The molecule has 1 aromatic rings. The number of carbonyl (C=O) groups excluding carboxylic acids is 1. The summed E-state index contributed by atoms with van der Waals surface area (Å²) >= 11 is 5.71. The highest BCUT2D eigenvalue weighted by Crippen LogP contribution is 2.25. The zero-order valence-electron chi connectivity index (χ0n) is 11.6. The van der Waals surface area contributed by atoms with Crippen LogP contribution in [-0.4, -0.2) is 52.1 Å². The lowest BCUT2D eigenvalue weighted by Gasteiger charge is -2.34. The highest BCUT2D eigenvalue weighted by molar-refractivity contribution is 6.31. The molecule has 1 fully saturated rings. The second-order valence-electron chi connectivity index (χ2n) is 4.90. The van der Waals surface area contributed by atoms with Gasteiger partial charge in [0.25, 0.3) is 11.6 Å². The summed E-state index contributed by atoms with van der Waals surface area (Å²) < 4.78 is 5.21. The molecule has 1 heterocycles. The van der Waals surface area contributed by atoms with Gasteiger partial charge in [-0.1, -0.05) is 11.6 Å². The molecule has 0 spiro atoms. The number of amides is 1. The highest BCUT2D eigenvalue weighted by atomic mass is 35.5. The molecular formula is C13H13ClN2O6. The largest absolute Gasteiger partial charge is 0.479 e. The van der Waals surface area contributed by atoms with Crippen molar-refractivity contribution >= 4 is 29.2 Å². The van der Waals surface area contributed by atoms with Gasteiger partial charge in [-0.3, -0.25) is 14.9 Å². The van der Waals surface area contributed by atoms with Crippen molar-refractivity contribution in [1.82, 2.24) is 4.90 Å². The summed E-state index contributed by atoms with van der Waals surface area (Å²) in [4.78, 5) is 35.1. The molecule has 0 radical (unpaired) electrons. The van der Waals surface area contributed by atoms with Crippen LogP contribution >= 0.6 is 11.6 Å². The maximum atomic E-state index is 12.5. The molecule has 1 amide bonds. The van der Waals surface area contributed by atoms with Gasteiger partial charge in [-0.15, -0.1) is 0 Å². The zero-order chi connectivity index (χ0) is 16.4. The standard InChI is InChI=1S/C13H13ClN2O6/c1-7-5-15(6-11(22-7)13(18)19)12(17)9-3-2-8(14)4-10(9)16(20)21/h2-4,7,11H,5-6H2,1H3,(H,18,19)/t7-,11?/m1/s1. The fourth-order valence-corrected chi connectivity index (χ4v) is 2.43. The Hall–Kier alpha value is -2.19. The normalized spacial score (nSPS) is 21.5. The van der Waals surface area contributed by atoms with E-state index in [1.54, 1.807) is 6.92 Å². The van der Waals surface area contributed by atoms with Gasteiger partial charge < -0.3 is 14.7 Å². The molecular weight excluding hydrogens is 316 g/mol. The molecule has 1 unspecified atom stereocenters. The summed E-state index contributed by atoms with van der Waals surface area (Å²) in [7, 11) is 0. The van der Waals surface area contributed by atoms with Crippen LogP contribution in [0.4, 0.5) is 5.69 Å². The number of nitrogens with zero attached hydrogens (tertiary/aromatic N) is 2. The van der Waals surface area contributed by atoms with E-state index in [1.165, 1.54) is 17.0 Å². The van der Waals surface area contributed by atoms with E-state index >= 15 is 0 Å². The Morgan fingerprint density at radius 3 is 2.73 bits per heavy atom. The Morgan fingerprint density at radius 2 is 2.14 bits per heavy atom. The monoisotopic (exact) mass is 328 g/mol. The number of halogens is 1. The summed E-state index contributed by atoms with van der Waals surface area (Å²) in [5.41, 5.74) is -0.545. The van der Waals surface area contributed by atoms with Crippen molar-refractivity contribution in [2.75, 3.05) is 13.1 Å². The predicted molar refractivity (Wildman–Crippen MR) is 76.0 cm³/mol. The maximum absolute atomic E-state index is 12.5. The molecule has 9 heteroatoms. The third-order valence-electron chi connectivity index (χ3n) is 3.21. The molecule has 2 atom stereocenters. The van der Waals surface area contributed by atoms with Crippen LogP contribution in [0.1, 0.15) is 17.3 Å². The van der Waals surface area contributed by atoms with Gasteiger partial charge in [-0.25, -0.2) is 4.79 Å². The first-order chi connectivity index (χ1) is 10.3. The van der Waals surface area contributed by atoms with Crippen LogP contribution in [0.25, 0.3) is 0 Å². The molecule has 118 valence electrons. The molecule has 1 aliphatic heterocycles. The minimum atomic E-state index is -1.19. The molecule has 22 heavy (non-hydrogen) atoms. The van der Waals surface area contributed by atoms with Crippen molar-refractivity contribution < 1.29 is 24.4 Å². The zero-order valence-corrected chi connectivity index (χ0v) is 12.3. The van der Waals surface area contributed by atoms with Crippen LogP contribution in [0, 0.1) is 10.1 Å². The minimum absolute atomic E-state index is 0.132. The van der Waals surface area contributed by atoms with E-state index in [0.717, 1.165) is 6.07 Å². The SMILES string of the molecule is C[C@@H]1CN(C(=O)c2ccc(Cl)cc2[N+](=O)[O-])CC(C(=O)O)O1. The second-order valence-corrected chi connectivity index (χ2v) is 5.34. The Labute approximate surface area is 130 Å². The number of nitro benzene ring substituents is 1. The molecule has 0 bridgehead atoms. The number of carboxylic acid groups (broad SMARTS) is 1. The van der Waals surface area contributed by atoms with E-state index < -0.39 is 34.7 Å². The van der Waals surface area contributed by atoms with Gasteiger partial charge in [0, 0.05) is 17.6 Å². The Balaban J connectivity index is 2.31. The van der Waals surface area contributed by atoms with Crippen LogP contribution in [0.2, 0.25) is 5.02 Å². The topological polar surface area (TPSA) is 110 Å². The number of morpholine rings is 1. The van der Waals surface area contributed by atoms with Crippen molar-refractivity contribution in [2.24, 2.45) is 0 Å². The molecule has 8 nitrogen and oxygen atoms in total. The van der Waals surface area contributed by atoms with Crippen molar-refractivity contribution in [3.05, 3.63) is 38.9 Å². The average Bonchev–Trinajstić information content (AvgIpc) is 2.45. The first-order valence-corrected chi connectivity index (χ1v) is 6.79. The number of nitro groups is 1. The number of rotatable bonds is 3. The summed E-state index contributed by atoms with van der Waals surface area (Å²) in [5.74, 6) is -1.81. The first kappa shape index (κ1) is 16.2. The van der Waals surface area contributed by atoms with Gasteiger partial charge in [-0.05, 0) is 19.1 Å². The molecule has 1 aliphatic rings. The summed E-state index contributed by atoms with van der Waals surface area (Å²) in [6.07, 6.45) is -1.63. The van der Waals surface area contributed by atoms with E-state index in [2.05, 4.69) is 0 Å². The number of benzene rings is 1. The summed E-state index contributed by atoms with van der Waals surface area (Å²) in [5, 5.41) is 20.2.